The van der Waals surface area contributed by atoms with E-state index < -0.39 is 5.97 Å². The molecule has 0 aliphatic carbocycles. The van der Waals surface area contributed by atoms with Crippen molar-refractivity contribution in [3.05, 3.63) is 29.8 Å². The van der Waals surface area contributed by atoms with Crippen LogP contribution in [0.4, 0.5) is 5.69 Å². The number of amides is 1. The van der Waals surface area contributed by atoms with Gasteiger partial charge in [0.25, 0.3) is 0 Å². The van der Waals surface area contributed by atoms with Gasteiger partial charge in [0.15, 0.2) is 0 Å². The van der Waals surface area contributed by atoms with E-state index in [2.05, 4.69) is 4.84 Å². The molecule has 1 aromatic carbocycles. The smallest absolute Gasteiger partial charge is 0.344 e. The van der Waals surface area contributed by atoms with Crippen LogP contribution in [0.3, 0.4) is 0 Å². The Morgan fingerprint density at radius 2 is 2.12 bits per heavy atom. The van der Waals surface area contributed by atoms with E-state index in [0.29, 0.717) is 6.42 Å². The van der Waals surface area contributed by atoms with Gasteiger partial charge in [-0.2, -0.15) is 5.90 Å². The van der Waals surface area contributed by atoms with Crippen LogP contribution >= 0.6 is 0 Å². The van der Waals surface area contributed by atoms with E-state index >= 15 is 0 Å². The first-order valence-electron chi connectivity index (χ1n) is 5.50. The number of hydrogen-bond acceptors (Lipinski definition) is 4. The summed E-state index contributed by atoms with van der Waals surface area (Å²) in [5.41, 5.74) is 1.85. The molecule has 1 aliphatic rings. The van der Waals surface area contributed by atoms with Crippen LogP contribution in [0.25, 0.3) is 0 Å². The number of rotatable bonds is 2. The van der Waals surface area contributed by atoms with Gasteiger partial charge in [-0.3, -0.25) is 4.79 Å². The molecule has 5 heteroatoms. The lowest BCUT2D eigenvalue weighted by Crippen LogP contribution is -2.36. The predicted octanol–water partition coefficient (Wildman–Crippen LogP) is 0.773. The first-order chi connectivity index (χ1) is 8.22. The maximum Gasteiger partial charge on any atom is 0.344 e. The summed E-state index contributed by atoms with van der Waals surface area (Å²) in [5, 5.41) is 0. The van der Waals surface area contributed by atoms with E-state index in [1.165, 1.54) is 4.90 Å². The highest BCUT2D eigenvalue weighted by Gasteiger charge is 2.24. The first kappa shape index (κ1) is 11.6. The summed E-state index contributed by atoms with van der Waals surface area (Å²) in [6.07, 6.45) is 2.08. The summed E-state index contributed by atoms with van der Waals surface area (Å²) in [6.45, 7) is -0.133. The highest BCUT2D eigenvalue weighted by atomic mass is 16.7. The minimum absolute atomic E-state index is 0.0691. The van der Waals surface area contributed by atoms with Gasteiger partial charge < -0.3 is 9.74 Å². The van der Waals surface area contributed by atoms with Crippen LogP contribution in [0.1, 0.15) is 18.4 Å². The van der Waals surface area contributed by atoms with Crippen LogP contribution in [0.2, 0.25) is 0 Å². The van der Waals surface area contributed by atoms with E-state index in [1.807, 2.05) is 24.3 Å². The number of nitrogens with two attached hydrogens (primary N) is 1. The Morgan fingerprint density at radius 1 is 1.35 bits per heavy atom. The number of nitrogens with zero attached hydrogens (tertiary/aromatic N) is 1. The predicted molar refractivity (Wildman–Crippen MR) is 62.0 cm³/mol. The monoisotopic (exact) mass is 234 g/mol. The third kappa shape index (κ3) is 2.45. The van der Waals surface area contributed by atoms with Crippen molar-refractivity contribution in [2.45, 2.75) is 19.3 Å². The Balaban J connectivity index is 2.33. The van der Waals surface area contributed by atoms with Crippen molar-refractivity contribution in [2.75, 3.05) is 11.4 Å². The highest BCUT2D eigenvalue weighted by Crippen LogP contribution is 2.26. The van der Waals surface area contributed by atoms with Crippen LogP contribution in [0, 0.1) is 0 Å². The maximum absolute atomic E-state index is 11.9. The normalized spacial score (nSPS) is 15.1. The molecule has 1 amide bonds. The lowest BCUT2D eigenvalue weighted by molar-refractivity contribution is -0.143. The van der Waals surface area contributed by atoms with Crippen molar-refractivity contribution in [3.8, 4) is 0 Å². The van der Waals surface area contributed by atoms with Gasteiger partial charge in [0.05, 0.1) is 0 Å². The Kier molecular flexibility index (Phi) is 3.39. The number of para-hydroxylation sites is 1. The van der Waals surface area contributed by atoms with Gasteiger partial charge in [0.1, 0.15) is 6.54 Å². The molecule has 0 aromatic heterocycles. The maximum atomic E-state index is 11.9. The minimum atomic E-state index is -0.616. The van der Waals surface area contributed by atoms with Gasteiger partial charge in [-0.15, -0.1) is 0 Å². The van der Waals surface area contributed by atoms with Gasteiger partial charge >= 0.3 is 5.97 Å². The van der Waals surface area contributed by atoms with Crippen molar-refractivity contribution in [1.29, 1.82) is 0 Å². The van der Waals surface area contributed by atoms with E-state index in [9.17, 15) is 9.59 Å². The third-order valence-electron chi connectivity index (χ3n) is 2.84. The average Bonchev–Trinajstić information content (AvgIpc) is 2.50. The molecule has 2 N–H and O–H groups in total. The van der Waals surface area contributed by atoms with Crippen molar-refractivity contribution < 1.29 is 14.4 Å². The second kappa shape index (κ2) is 4.97. The molecule has 0 spiro atoms. The zero-order valence-corrected chi connectivity index (χ0v) is 9.39. The largest absolute Gasteiger partial charge is 0.372 e. The molecule has 0 atom stereocenters. The molecule has 1 aliphatic heterocycles. The lowest BCUT2D eigenvalue weighted by atomic mass is 10.1. The molecule has 1 heterocycles. The summed E-state index contributed by atoms with van der Waals surface area (Å²) in [7, 11) is 0. The molecule has 90 valence electrons. The van der Waals surface area contributed by atoms with E-state index in [-0.39, 0.29) is 12.5 Å². The fourth-order valence-corrected chi connectivity index (χ4v) is 2.02. The number of hydrogen-bond donors (Lipinski definition) is 1. The second-order valence-corrected chi connectivity index (χ2v) is 3.95. The molecule has 0 radical (unpaired) electrons. The molecule has 17 heavy (non-hydrogen) atoms. The zero-order valence-electron chi connectivity index (χ0n) is 9.39. The van der Waals surface area contributed by atoms with Crippen molar-refractivity contribution in [2.24, 2.45) is 5.90 Å². The summed E-state index contributed by atoms with van der Waals surface area (Å²) in [5.74, 6) is 4.12. The second-order valence-electron chi connectivity index (χ2n) is 3.95. The van der Waals surface area contributed by atoms with Gasteiger partial charge in [-0.25, -0.2) is 4.79 Å². The number of benzene rings is 1. The summed E-state index contributed by atoms with van der Waals surface area (Å²) in [6, 6.07) is 7.57. The van der Waals surface area contributed by atoms with E-state index in [1.54, 1.807) is 0 Å². The highest BCUT2D eigenvalue weighted by molar-refractivity contribution is 5.98. The topological polar surface area (TPSA) is 72.6 Å². The molecule has 2 rings (SSSR count). The zero-order chi connectivity index (χ0) is 12.3. The Hall–Kier alpha value is -1.88. The first-order valence-corrected chi connectivity index (χ1v) is 5.50. The fraction of sp³-hybridized carbons (Fsp3) is 0.333. The average molecular weight is 234 g/mol. The van der Waals surface area contributed by atoms with Gasteiger partial charge in [0.2, 0.25) is 5.91 Å². The Morgan fingerprint density at radius 3 is 2.88 bits per heavy atom. The van der Waals surface area contributed by atoms with E-state index in [0.717, 1.165) is 24.1 Å². The molecule has 5 nitrogen and oxygen atoms in total. The van der Waals surface area contributed by atoms with Crippen molar-refractivity contribution in [3.63, 3.8) is 0 Å². The Labute approximate surface area is 99.1 Å². The van der Waals surface area contributed by atoms with Crippen LogP contribution in [-0.2, 0) is 20.8 Å². The summed E-state index contributed by atoms with van der Waals surface area (Å²) < 4.78 is 0. The molecule has 0 fully saturated rings. The SMILES string of the molecule is NOC(=O)CN1C(=O)CCCc2ccccc21. The lowest BCUT2D eigenvalue weighted by Gasteiger charge is -2.21. The third-order valence-corrected chi connectivity index (χ3v) is 2.84. The van der Waals surface area contributed by atoms with E-state index in [4.69, 9.17) is 5.90 Å². The molecule has 1 aromatic rings. The summed E-state index contributed by atoms with van der Waals surface area (Å²) in [4.78, 5) is 28.7. The van der Waals surface area contributed by atoms with Gasteiger partial charge in [-0.1, -0.05) is 18.2 Å². The van der Waals surface area contributed by atoms with Gasteiger partial charge in [-0.05, 0) is 24.5 Å². The quantitative estimate of drug-likeness (QED) is 0.767. The molecule has 0 saturated heterocycles. The molecule has 0 bridgehead atoms. The summed E-state index contributed by atoms with van der Waals surface area (Å²) >= 11 is 0. The number of anilines is 1. The number of carbonyl (C=O) groups is 2. The number of aryl methyl sites for hydroxylation is 1. The number of fused-ring (bicyclic) bond motifs is 1. The molecular formula is C12H14N2O3. The molecule has 0 unspecified atom stereocenters. The fourth-order valence-electron chi connectivity index (χ4n) is 2.02. The van der Waals surface area contributed by atoms with Crippen LogP contribution in [-0.4, -0.2) is 18.4 Å². The minimum Gasteiger partial charge on any atom is -0.372 e. The Bertz CT molecular complexity index is 445. The van der Waals surface area contributed by atoms with Crippen LogP contribution < -0.4 is 10.8 Å². The van der Waals surface area contributed by atoms with Crippen LogP contribution in [0.15, 0.2) is 24.3 Å². The van der Waals surface area contributed by atoms with Crippen molar-refractivity contribution >= 4 is 17.6 Å². The number of carbonyl (C=O) groups excluding carboxylic acids is 2. The molecular weight excluding hydrogens is 220 g/mol. The molecule has 0 saturated carbocycles. The van der Waals surface area contributed by atoms with Crippen LogP contribution in [0.5, 0.6) is 0 Å². The van der Waals surface area contributed by atoms with Gasteiger partial charge in [0, 0.05) is 12.1 Å². The standard InChI is InChI=1S/C12H14N2O3/c13-17-12(16)8-14-10-6-2-1-4-9(10)5-3-7-11(14)15/h1-2,4,6H,3,5,7-8,13H2. The van der Waals surface area contributed by atoms with Crippen molar-refractivity contribution in [1.82, 2.24) is 0 Å².